The molecule has 3 rings (SSSR count). The van der Waals surface area contributed by atoms with Crippen LogP contribution < -0.4 is 0 Å². The topological polar surface area (TPSA) is 26.8 Å². The third-order valence-electron chi connectivity index (χ3n) is 8.46. The van der Waals surface area contributed by atoms with Crippen LogP contribution in [0.1, 0.15) is 146 Å². The third-order valence-corrected chi connectivity index (χ3v) is 8.46. The van der Waals surface area contributed by atoms with E-state index in [2.05, 4.69) is 105 Å². The summed E-state index contributed by atoms with van der Waals surface area (Å²) in [6.07, 6.45) is 25.3. The molecule has 2 aromatic carbocycles. The molecule has 2 heteroatoms. The molecule has 0 atom stereocenters. The van der Waals surface area contributed by atoms with Crippen molar-refractivity contribution < 1.29 is 4.68 Å². The van der Waals surface area contributed by atoms with Crippen molar-refractivity contribution in [2.24, 2.45) is 0 Å². The van der Waals surface area contributed by atoms with Crippen molar-refractivity contribution in [3.8, 4) is 23.7 Å². The second-order valence-electron chi connectivity index (χ2n) is 12.0. The SMILES string of the molecule is CC=C1C=C(c2ccccc2CCCC#CCCCCCCC)[N+]([NH-])=C1c1ccccc1CCCC#CCCCCCCC. The zero-order chi connectivity index (χ0) is 31.2. The number of hydrogen-bond acceptors (Lipinski definition) is 0. The predicted molar refractivity (Wildman–Crippen MR) is 191 cm³/mol. The number of benzene rings is 2. The van der Waals surface area contributed by atoms with Crippen molar-refractivity contribution >= 4 is 11.4 Å². The Balaban J connectivity index is 1.63. The van der Waals surface area contributed by atoms with Crippen molar-refractivity contribution in [3.05, 3.63) is 94.4 Å². The van der Waals surface area contributed by atoms with Gasteiger partial charge in [0.15, 0.2) is 0 Å². The van der Waals surface area contributed by atoms with Crippen molar-refractivity contribution in [1.29, 1.82) is 0 Å². The van der Waals surface area contributed by atoms with Crippen LogP contribution in [0.3, 0.4) is 0 Å². The van der Waals surface area contributed by atoms with Gasteiger partial charge in [0.2, 0.25) is 11.4 Å². The summed E-state index contributed by atoms with van der Waals surface area (Å²) in [5.74, 6) is 22.9. The van der Waals surface area contributed by atoms with Crippen LogP contribution in [-0.4, -0.2) is 10.4 Å². The van der Waals surface area contributed by atoms with Gasteiger partial charge in [-0.25, -0.2) is 4.68 Å². The van der Waals surface area contributed by atoms with E-state index in [9.17, 15) is 5.84 Å². The Morgan fingerprint density at radius 3 is 1.57 bits per heavy atom. The van der Waals surface area contributed by atoms with E-state index >= 15 is 0 Å². The van der Waals surface area contributed by atoms with Crippen LogP contribution in [0.2, 0.25) is 0 Å². The number of allylic oxidation sites excluding steroid dienone is 3. The van der Waals surface area contributed by atoms with Crippen molar-refractivity contribution in [2.45, 2.75) is 136 Å². The molecular formula is C42H56N2. The van der Waals surface area contributed by atoms with Gasteiger partial charge in [0, 0.05) is 48.5 Å². The van der Waals surface area contributed by atoms with E-state index in [1.54, 1.807) is 4.68 Å². The van der Waals surface area contributed by atoms with Crippen LogP contribution in [0, 0.1) is 23.7 Å². The Kier molecular flexibility index (Phi) is 16.9. The van der Waals surface area contributed by atoms with Gasteiger partial charge in [0.05, 0.1) is 0 Å². The first-order valence-electron chi connectivity index (χ1n) is 17.6. The molecule has 0 fully saturated rings. The van der Waals surface area contributed by atoms with Gasteiger partial charge in [0.25, 0.3) is 0 Å². The maximum absolute atomic E-state index is 9.29. The van der Waals surface area contributed by atoms with Gasteiger partial charge < -0.3 is 5.84 Å². The Hall–Kier alpha value is -3.49. The molecule has 2 nitrogen and oxygen atoms in total. The minimum absolute atomic E-state index is 0.930. The molecule has 0 spiro atoms. The second kappa shape index (κ2) is 21.3. The van der Waals surface area contributed by atoms with Crippen LogP contribution in [0.4, 0.5) is 0 Å². The highest BCUT2D eigenvalue weighted by Gasteiger charge is 2.30. The summed E-state index contributed by atoms with van der Waals surface area (Å²) in [6.45, 7) is 6.60. The highest BCUT2D eigenvalue weighted by atomic mass is 15.3. The van der Waals surface area contributed by atoms with E-state index in [1.165, 1.54) is 75.3 Å². The normalized spacial score (nSPS) is 13.4. The number of nitrogens with one attached hydrogen (secondary N) is 1. The standard InChI is InChI=1S/C42H56N2/c1-4-7-9-11-13-15-17-19-21-23-29-37-31-25-27-33-39(37)41-35-36(6-3)42(44(41)43)40-34-28-26-32-38(40)30-24-22-20-18-16-14-12-10-8-5-2/h6,25-28,31-35,43H,4-5,7-16,21-24,29-30H2,1-3H3. The monoisotopic (exact) mass is 588 g/mol. The highest BCUT2D eigenvalue weighted by molar-refractivity contribution is 6.15. The van der Waals surface area contributed by atoms with E-state index in [0.717, 1.165) is 79.5 Å². The summed E-state index contributed by atoms with van der Waals surface area (Å²) in [5, 5.41) is 0. The zero-order valence-corrected chi connectivity index (χ0v) is 27.9. The Labute approximate surface area is 269 Å². The second-order valence-corrected chi connectivity index (χ2v) is 12.0. The molecule has 0 saturated carbocycles. The van der Waals surface area contributed by atoms with Crippen LogP contribution in [0.5, 0.6) is 0 Å². The van der Waals surface area contributed by atoms with Gasteiger partial charge >= 0.3 is 0 Å². The fraction of sp³-hybridized carbons (Fsp3) is 0.500. The number of aryl methyl sites for hydroxylation is 2. The summed E-state index contributed by atoms with van der Waals surface area (Å²) in [5.41, 5.74) is 7.97. The van der Waals surface area contributed by atoms with E-state index in [1.807, 2.05) is 0 Å². The number of nitrogens with zero attached hydrogens (tertiary/aromatic N) is 1. The van der Waals surface area contributed by atoms with Gasteiger partial charge in [-0.2, -0.15) is 0 Å². The average molecular weight is 589 g/mol. The van der Waals surface area contributed by atoms with Crippen LogP contribution >= 0.6 is 0 Å². The van der Waals surface area contributed by atoms with Crippen LogP contribution in [0.15, 0.2) is 66.3 Å². The molecule has 0 amide bonds. The van der Waals surface area contributed by atoms with Crippen LogP contribution in [0.25, 0.3) is 11.5 Å². The van der Waals surface area contributed by atoms with Gasteiger partial charge in [-0.05, 0) is 68.7 Å². The predicted octanol–water partition coefficient (Wildman–Crippen LogP) is 11.8. The van der Waals surface area contributed by atoms with E-state index in [0.29, 0.717) is 0 Å². The Morgan fingerprint density at radius 2 is 1.05 bits per heavy atom. The van der Waals surface area contributed by atoms with Gasteiger partial charge in [-0.15, -0.1) is 23.7 Å². The first kappa shape index (κ1) is 35.0. The molecule has 0 aliphatic carbocycles. The Morgan fingerprint density at radius 1 is 0.591 bits per heavy atom. The van der Waals surface area contributed by atoms with E-state index < -0.39 is 0 Å². The molecule has 1 aliphatic heterocycles. The largest absolute Gasteiger partial charge is 0.448 e. The molecule has 0 bridgehead atoms. The molecule has 0 saturated heterocycles. The van der Waals surface area contributed by atoms with Gasteiger partial charge in [-0.1, -0.05) is 108 Å². The van der Waals surface area contributed by atoms with Crippen molar-refractivity contribution in [3.63, 3.8) is 0 Å². The van der Waals surface area contributed by atoms with Crippen molar-refractivity contribution in [1.82, 2.24) is 0 Å². The summed E-state index contributed by atoms with van der Waals surface area (Å²) in [7, 11) is 0. The molecule has 44 heavy (non-hydrogen) atoms. The van der Waals surface area contributed by atoms with E-state index in [-0.39, 0.29) is 0 Å². The summed E-state index contributed by atoms with van der Waals surface area (Å²) in [4.78, 5) is 0. The molecule has 1 N–H and O–H groups in total. The quantitative estimate of drug-likeness (QED) is 0.0941. The third kappa shape index (κ3) is 11.5. The molecular weight excluding hydrogens is 532 g/mol. The van der Waals surface area contributed by atoms with Crippen LogP contribution in [-0.2, 0) is 12.8 Å². The number of unbranched alkanes of at least 4 members (excludes halogenated alkanes) is 12. The zero-order valence-electron chi connectivity index (χ0n) is 27.9. The fourth-order valence-electron chi connectivity index (χ4n) is 5.90. The van der Waals surface area contributed by atoms with Gasteiger partial charge in [-0.3, -0.25) is 0 Å². The summed E-state index contributed by atoms with van der Waals surface area (Å²) in [6, 6.07) is 17.2. The minimum Gasteiger partial charge on any atom is -0.448 e. The molecule has 0 radical (unpaired) electrons. The lowest BCUT2D eigenvalue weighted by Gasteiger charge is -2.13. The summed E-state index contributed by atoms with van der Waals surface area (Å²) < 4.78 is 1.67. The lowest BCUT2D eigenvalue weighted by Crippen LogP contribution is -2.14. The lowest BCUT2D eigenvalue weighted by atomic mass is 9.95. The number of hydrogen-bond donors (Lipinski definition) is 0. The molecule has 234 valence electrons. The van der Waals surface area contributed by atoms with Gasteiger partial charge in [0.1, 0.15) is 0 Å². The molecule has 1 heterocycles. The molecule has 0 unspecified atom stereocenters. The Bertz CT molecular complexity index is 1370. The number of rotatable bonds is 18. The first-order chi connectivity index (χ1) is 21.7. The lowest BCUT2D eigenvalue weighted by molar-refractivity contribution is -0.347. The molecule has 2 aromatic rings. The highest BCUT2D eigenvalue weighted by Crippen LogP contribution is 2.32. The summed E-state index contributed by atoms with van der Waals surface area (Å²) >= 11 is 0. The fourth-order valence-corrected chi connectivity index (χ4v) is 5.90. The average Bonchev–Trinajstić information content (AvgIpc) is 3.38. The maximum atomic E-state index is 9.29. The minimum atomic E-state index is 0.930. The molecule has 1 aliphatic rings. The smallest absolute Gasteiger partial charge is 0.215 e. The van der Waals surface area contributed by atoms with Crippen molar-refractivity contribution in [2.75, 3.05) is 0 Å². The van der Waals surface area contributed by atoms with E-state index in [4.69, 9.17) is 0 Å². The maximum Gasteiger partial charge on any atom is 0.215 e. The molecule has 0 aromatic heterocycles. The first-order valence-corrected chi connectivity index (χ1v) is 17.6.